The smallest absolute Gasteiger partial charge is 0.355 e. The van der Waals surface area contributed by atoms with Crippen LogP contribution in [0.2, 0.25) is 0 Å². The van der Waals surface area contributed by atoms with Gasteiger partial charge in [-0.3, -0.25) is 0 Å². The third-order valence-corrected chi connectivity index (χ3v) is 6.68. The zero-order valence-corrected chi connectivity index (χ0v) is 26.2. The first-order valence-electron chi connectivity index (χ1n) is 13.5. The van der Waals surface area contributed by atoms with Crippen molar-refractivity contribution in [1.29, 1.82) is 0 Å². The van der Waals surface area contributed by atoms with E-state index in [2.05, 4.69) is 15.9 Å². The van der Waals surface area contributed by atoms with E-state index in [4.69, 9.17) is 23.7 Å². The monoisotopic (exact) mass is 644 g/mol. The van der Waals surface area contributed by atoms with E-state index in [9.17, 15) is 9.59 Å². The molecule has 7 nitrogen and oxygen atoms in total. The number of halogens is 1. The van der Waals surface area contributed by atoms with Crippen LogP contribution in [0.25, 0.3) is 17.2 Å². The maximum atomic E-state index is 12.9. The molecule has 0 unspecified atom stereocenters. The molecule has 0 aliphatic carbocycles. The second kappa shape index (κ2) is 13.6. The molecule has 0 aromatic heterocycles. The standard InChI is InChI=1S/C35H33BrO7/c1-34(2,41-28-19-15-27(36)16-20-28)33(38)40-30-21-11-24(23-31(30)39-5)12-22-32(37)43-35(3,4)42-29-17-13-26(14-18-29)25-9-7-6-8-10-25/h6-23H,1-5H3. The number of ether oxygens (including phenoxy) is 5. The maximum Gasteiger partial charge on any atom is 0.355 e. The predicted molar refractivity (Wildman–Crippen MR) is 169 cm³/mol. The molecule has 0 amide bonds. The van der Waals surface area contributed by atoms with Gasteiger partial charge in [-0.05, 0) is 85.1 Å². The van der Waals surface area contributed by atoms with E-state index < -0.39 is 23.3 Å². The molecular formula is C35H33BrO7. The highest BCUT2D eigenvalue weighted by atomic mass is 79.9. The van der Waals surface area contributed by atoms with Gasteiger partial charge >= 0.3 is 11.9 Å². The van der Waals surface area contributed by atoms with Crippen molar-refractivity contribution in [3.05, 3.63) is 113 Å². The predicted octanol–water partition coefficient (Wildman–Crippen LogP) is 8.26. The molecule has 0 saturated heterocycles. The minimum Gasteiger partial charge on any atom is -0.493 e. The third kappa shape index (κ3) is 8.96. The van der Waals surface area contributed by atoms with Gasteiger partial charge in [-0.25, -0.2) is 9.59 Å². The molecule has 0 N–H and O–H groups in total. The normalized spacial score (nSPS) is 11.6. The molecule has 0 spiro atoms. The Morgan fingerprint density at radius 1 is 0.721 bits per heavy atom. The van der Waals surface area contributed by atoms with E-state index in [-0.39, 0.29) is 5.75 Å². The van der Waals surface area contributed by atoms with Crippen molar-refractivity contribution >= 4 is 33.9 Å². The van der Waals surface area contributed by atoms with Crippen LogP contribution >= 0.6 is 15.9 Å². The molecule has 222 valence electrons. The molecule has 4 aromatic carbocycles. The van der Waals surface area contributed by atoms with Crippen molar-refractivity contribution in [2.75, 3.05) is 7.11 Å². The maximum absolute atomic E-state index is 12.9. The van der Waals surface area contributed by atoms with Crippen LogP contribution in [0.5, 0.6) is 23.0 Å². The third-order valence-electron chi connectivity index (χ3n) is 6.15. The van der Waals surface area contributed by atoms with Gasteiger partial charge in [-0.1, -0.05) is 64.5 Å². The number of hydrogen-bond donors (Lipinski definition) is 0. The van der Waals surface area contributed by atoms with Crippen LogP contribution < -0.4 is 18.9 Å². The average molecular weight is 646 g/mol. The summed E-state index contributed by atoms with van der Waals surface area (Å²) < 4.78 is 29.2. The van der Waals surface area contributed by atoms with Crippen LogP contribution in [0.1, 0.15) is 33.3 Å². The number of rotatable bonds is 11. The van der Waals surface area contributed by atoms with Crippen molar-refractivity contribution in [3.8, 4) is 34.1 Å². The van der Waals surface area contributed by atoms with E-state index >= 15 is 0 Å². The zero-order chi connectivity index (χ0) is 31.0. The molecule has 0 bridgehead atoms. The lowest BCUT2D eigenvalue weighted by atomic mass is 10.1. The van der Waals surface area contributed by atoms with E-state index in [0.29, 0.717) is 22.8 Å². The quantitative estimate of drug-likeness (QED) is 0.0703. The van der Waals surface area contributed by atoms with Crippen LogP contribution in [-0.4, -0.2) is 30.4 Å². The van der Waals surface area contributed by atoms with Gasteiger partial charge in [-0.15, -0.1) is 0 Å². The molecule has 8 heteroatoms. The number of carbonyl (C=O) groups excluding carboxylic acids is 2. The number of hydrogen-bond acceptors (Lipinski definition) is 7. The molecule has 0 aliphatic rings. The van der Waals surface area contributed by atoms with Crippen molar-refractivity contribution in [2.45, 2.75) is 39.1 Å². The Hall–Kier alpha value is -4.56. The Balaban J connectivity index is 1.35. The van der Waals surface area contributed by atoms with Crippen LogP contribution in [0.15, 0.2) is 108 Å². The molecule has 43 heavy (non-hydrogen) atoms. The lowest BCUT2D eigenvalue weighted by Crippen LogP contribution is -2.41. The van der Waals surface area contributed by atoms with Gasteiger partial charge in [0.1, 0.15) is 11.5 Å². The second-order valence-corrected chi connectivity index (χ2v) is 11.4. The van der Waals surface area contributed by atoms with Gasteiger partial charge in [0.05, 0.1) is 7.11 Å². The fourth-order valence-electron chi connectivity index (χ4n) is 4.03. The molecule has 0 aliphatic heterocycles. The molecule has 0 atom stereocenters. The fraction of sp³-hybridized carbons (Fsp3) is 0.200. The summed E-state index contributed by atoms with van der Waals surface area (Å²) in [6.07, 6.45) is 2.86. The van der Waals surface area contributed by atoms with Crippen LogP contribution in [0.3, 0.4) is 0 Å². The summed E-state index contributed by atoms with van der Waals surface area (Å²) in [6, 6.07) is 29.6. The summed E-state index contributed by atoms with van der Waals surface area (Å²) in [5.74, 6) is -0.778. The van der Waals surface area contributed by atoms with Gasteiger partial charge in [0.15, 0.2) is 11.5 Å². The minimum absolute atomic E-state index is 0.215. The Morgan fingerprint density at radius 3 is 1.98 bits per heavy atom. The Morgan fingerprint density at radius 2 is 1.33 bits per heavy atom. The van der Waals surface area contributed by atoms with Crippen LogP contribution in [0.4, 0.5) is 0 Å². The molecule has 0 heterocycles. The number of benzene rings is 4. The highest BCUT2D eigenvalue weighted by Gasteiger charge is 2.33. The van der Waals surface area contributed by atoms with Crippen LogP contribution in [-0.2, 0) is 14.3 Å². The largest absolute Gasteiger partial charge is 0.493 e. The van der Waals surface area contributed by atoms with Crippen molar-refractivity contribution < 1.29 is 33.3 Å². The van der Waals surface area contributed by atoms with Gasteiger partial charge in [0.25, 0.3) is 0 Å². The van der Waals surface area contributed by atoms with E-state index in [0.717, 1.165) is 15.6 Å². The first kappa shape index (κ1) is 31.4. The van der Waals surface area contributed by atoms with Gasteiger partial charge < -0.3 is 23.7 Å². The van der Waals surface area contributed by atoms with E-state index in [1.54, 1.807) is 64.1 Å². The van der Waals surface area contributed by atoms with E-state index in [1.165, 1.54) is 13.2 Å². The molecule has 0 radical (unpaired) electrons. The van der Waals surface area contributed by atoms with Gasteiger partial charge in [0.2, 0.25) is 11.4 Å². The molecule has 0 fully saturated rings. The topological polar surface area (TPSA) is 80.3 Å². The average Bonchev–Trinajstić information content (AvgIpc) is 2.98. The Bertz CT molecular complexity index is 1580. The fourth-order valence-corrected chi connectivity index (χ4v) is 4.29. The molecule has 4 rings (SSSR count). The second-order valence-electron chi connectivity index (χ2n) is 10.5. The highest BCUT2D eigenvalue weighted by Crippen LogP contribution is 2.31. The molecular weight excluding hydrogens is 612 g/mol. The van der Waals surface area contributed by atoms with Crippen molar-refractivity contribution in [1.82, 2.24) is 0 Å². The van der Waals surface area contributed by atoms with Crippen LogP contribution in [0, 0.1) is 0 Å². The summed E-state index contributed by atoms with van der Waals surface area (Å²) in [5.41, 5.74) is 1.52. The summed E-state index contributed by atoms with van der Waals surface area (Å²) in [6.45, 7) is 6.57. The van der Waals surface area contributed by atoms with Crippen molar-refractivity contribution in [3.63, 3.8) is 0 Å². The van der Waals surface area contributed by atoms with Gasteiger partial charge in [0, 0.05) is 24.4 Å². The summed E-state index contributed by atoms with van der Waals surface area (Å²) >= 11 is 3.37. The van der Waals surface area contributed by atoms with E-state index in [1.807, 2.05) is 66.7 Å². The summed E-state index contributed by atoms with van der Waals surface area (Å²) in [7, 11) is 1.46. The lowest BCUT2D eigenvalue weighted by Gasteiger charge is -2.25. The molecule has 4 aromatic rings. The number of esters is 2. The Labute approximate surface area is 260 Å². The molecule has 0 saturated carbocycles. The number of carbonyl (C=O) groups is 2. The van der Waals surface area contributed by atoms with Crippen molar-refractivity contribution in [2.24, 2.45) is 0 Å². The first-order chi connectivity index (χ1) is 20.4. The highest BCUT2D eigenvalue weighted by molar-refractivity contribution is 9.10. The SMILES string of the molecule is COc1cc(C=CC(=O)OC(C)(C)Oc2ccc(-c3ccccc3)cc2)ccc1OC(=O)C(C)(C)Oc1ccc(Br)cc1. The summed E-state index contributed by atoms with van der Waals surface area (Å²) in [5, 5.41) is 0. The summed E-state index contributed by atoms with van der Waals surface area (Å²) in [4.78, 5) is 25.5. The Kier molecular flexibility index (Phi) is 9.93. The number of methoxy groups -OCH3 is 1. The first-order valence-corrected chi connectivity index (χ1v) is 14.3. The minimum atomic E-state index is -1.26. The lowest BCUT2D eigenvalue weighted by molar-refractivity contribution is -0.180. The van der Waals surface area contributed by atoms with Gasteiger partial charge in [-0.2, -0.15) is 0 Å². The zero-order valence-electron chi connectivity index (χ0n) is 24.6.